The van der Waals surface area contributed by atoms with E-state index >= 15 is 0 Å². The van der Waals surface area contributed by atoms with Crippen LogP contribution in [0, 0.1) is 0 Å². The number of rotatable bonds is 12. The number of hydrogen-bond acceptors (Lipinski definition) is 7. The Morgan fingerprint density at radius 1 is 0.898 bits per heavy atom. The molecule has 0 saturated carbocycles. The molecule has 1 heterocycles. The van der Waals surface area contributed by atoms with Gasteiger partial charge in [-0.2, -0.15) is 30.6 Å². The number of anilines is 1. The van der Waals surface area contributed by atoms with Gasteiger partial charge < -0.3 is 10.6 Å². The van der Waals surface area contributed by atoms with Crippen LogP contribution in [0.25, 0.3) is 5.69 Å². The van der Waals surface area contributed by atoms with Crippen LogP contribution in [0.3, 0.4) is 0 Å². The fourth-order valence-corrected chi connectivity index (χ4v) is 6.85. The van der Waals surface area contributed by atoms with Crippen LogP contribution in [0.2, 0.25) is 5.02 Å². The molecule has 2 amide bonds. The van der Waals surface area contributed by atoms with Crippen LogP contribution in [0.15, 0.2) is 76.8 Å². The molecule has 49 heavy (non-hydrogen) atoms. The summed E-state index contributed by atoms with van der Waals surface area (Å²) in [7, 11) is -3.77. The van der Waals surface area contributed by atoms with E-state index < -0.39 is 51.1 Å². The van der Waals surface area contributed by atoms with Crippen molar-refractivity contribution in [3.63, 3.8) is 0 Å². The number of halogens is 7. The lowest BCUT2D eigenvalue weighted by Crippen LogP contribution is -2.30. The van der Waals surface area contributed by atoms with E-state index in [-0.39, 0.29) is 57.5 Å². The van der Waals surface area contributed by atoms with E-state index in [1.807, 2.05) is 0 Å². The van der Waals surface area contributed by atoms with Crippen molar-refractivity contribution in [2.45, 2.75) is 42.8 Å². The Balaban J connectivity index is 1.56. The number of alkyl halides is 6. The summed E-state index contributed by atoms with van der Waals surface area (Å²) in [5, 5.41) is 12.6. The average Bonchev–Trinajstić information content (AvgIpc) is 3.46. The highest BCUT2D eigenvalue weighted by molar-refractivity contribution is 7.99. The van der Waals surface area contributed by atoms with E-state index in [9.17, 15) is 44.3 Å². The normalized spacial score (nSPS) is 12.3. The first kappa shape index (κ1) is 37.7. The number of sulfonamides is 1. The van der Waals surface area contributed by atoms with Crippen LogP contribution < -0.4 is 10.6 Å². The Morgan fingerprint density at radius 3 is 2.14 bits per heavy atom. The Morgan fingerprint density at radius 2 is 1.53 bits per heavy atom. The van der Waals surface area contributed by atoms with Gasteiger partial charge in [-0.1, -0.05) is 43.3 Å². The first-order valence-electron chi connectivity index (χ1n) is 14.3. The second kappa shape index (κ2) is 15.2. The molecule has 10 nitrogen and oxygen atoms in total. The molecular weight excluding hydrogens is 722 g/mol. The molecule has 2 N–H and O–H groups in total. The zero-order valence-electron chi connectivity index (χ0n) is 25.6. The molecule has 0 aliphatic heterocycles. The standard InChI is InChI=1S/C30H27ClF6N6O4S2/c1-3-42(4-2)49(46,47)22-11-8-18(9-12-22)27(45)38-16-25-40-41-28(43(25)21-7-5-6-19(14-21)29(32,33)34)48-17-26(44)39-24-15-20(30(35,36)37)10-13-23(24)31/h5-15H,3-4,16-17H2,1-2H3,(H,38,45)(H,39,44). The highest BCUT2D eigenvalue weighted by Gasteiger charge is 2.32. The number of nitrogens with zero attached hydrogens (tertiary/aromatic N) is 4. The second-order valence-corrected chi connectivity index (χ2v) is 13.4. The van der Waals surface area contributed by atoms with Gasteiger partial charge in [-0.3, -0.25) is 14.2 Å². The van der Waals surface area contributed by atoms with Crippen molar-refractivity contribution < 1.29 is 44.3 Å². The molecule has 19 heteroatoms. The first-order chi connectivity index (χ1) is 22.9. The van der Waals surface area contributed by atoms with Crippen molar-refractivity contribution in [2.24, 2.45) is 0 Å². The first-order valence-corrected chi connectivity index (χ1v) is 17.1. The smallest absolute Gasteiger partial charge is 0.345 e. The molecule has 0 saturated heterocycles. The summed E-state index contributed by atoms with van der Waals surface area (Å²) in [4.78, 5) is 25.6. The molecule has 0 fully saturated rings. The maximum atomic E-state index is 13.6. The predicted molar refractivity (Wildman–Crippen MR) is 170 cm³/mol. The maximum Gasteiger partial charge on any atom is 0.416 e. The zero-order chi connectivity index (χ0) is 36.1. The lowest BCUT2D eigenvalue weighted by atomic mass is 10.2. The molecular formula is C30H27ClF6N6O4S2. The third-order valence-corrected chi connectivity index (χ3v) is 10.2. The third kappa shape index (κ3) is 9.11. The number of aromatic nitrogens is 3. The number of carbonyl (C=O) groups is 2. The Bertz CT molecular complexity index is 1930. The fourth-order valence-electron chi connectivity index (χ4n) is 4.46. The van der Waals surface area contributed by atoms with Gasteiger partial charge in [0.2, 0.25) is 15.9 Å². The summed E-state index contributed by atoms with van der Waals surface area (Å²) in [5.41, 5.74) is -2.32. The molecule has 0 atom stereocenters. The molecule has 0 bridgehead atoms. The van der Waals surface area contributed by atoms with E-state index in [0.29, 0.717) is 17.8 Å². The maximum absolute atomic E-state index is 13.6. The number of thioether (sulfide) groups is 1. The van der Waals surface area contributed by atoms with Gasteiger partial charge in [0.1, 0.15) is 0 Å². The molecule has 4 rings (SSSR count). The highest BCUT2D eigenvalue weighted by Crippen LogP contribution is 2.35. The molecule has 262 valence electrons. The van der Waals surface area contributed by atoms with Crippen molar-refractivity contribution in [2.75, 3.05) is 24.2 Å². The molecule has 3 aromatic carbocycles. The summed E-state index contributed by atoms with van der Waals surface area (Å²) in [6.07, 6.45) is -9.40. The van der Waals surface area contributed by atoms with Gasteiger partial charge in [0.15, 0.2) is 11.0 Å². The van der Waals surface area contributed by atoms with Crippen LogP contribution in [0.1, 0.15) is 41.2 Å². The monoisotopic (exact) mass is 748 g/mol. The predicted octanol–water partition coefficient (Wildman–Crippen LogP) is 6.65. The van der Waals surface area contributed by atoms with Gasteiger partial charge in [0.25, 0.3) is 5.91 Å². The number of carbonyl (C=O) groups excluding carboxylic acids is 2. The van der Waals surface area contributed by atoms with E-state index in [4.69, 9.17) is 11.6 Å². The molecule has 0 unspecified atom stereocenters. The van der Waals surface area contributed by atoms with Crippen molar-refractivity contribution >= 4 is 50.9 Å². The van der Waals surface area contributed by atoms with E-state index in [1.54, 1.807) is 13.8 Å². The minimum atomic E-state index is -4.71. The summed E-state index contributed by atoms with van der Waals surface area (Å²) >= 11 is 6.67. The highest BCUT2D eigenvalue weighted by atomic mass is 35.5. The SMILES string of the molecule is CCN(CC)S(=O)(=O)c1ccc(C(=O)NCc2nnc(SCC(=O)Nc3cc(C(F)(F)F)ccc3Cl)n2-c2cccc(C(F)(F)F)c2)cc1. The number of amides is 2. The van der Waals surface area contributed by atoms with Crippen molar-refractivity contribution in [3.8, 4) is 5.69 Å². The molecule has 0 aliphatic carbocycles. The second-order valence-electron chi connectivity index (χ2n) is 10.1. The molecule has 0 radical (unpaired) electrons. The number of hydrogen-bond donors (Lipinski definition) is 2. The minimum absolute atomic E-state index is 0.0157. The van der Waals surface area contributed by atoms with Crippen LogP contribution in [-0.2, 0) is 33.7 Å². The Labute approximate surface area is 285 Å². The quantitative estimate of drug-likeness (QED) is 0.123. The van der Waals surface area contributed by atoms with E-state index in [2.05, 4.69) is 20.8 Å². The van der Waals surface area contributed by atoms with Gasteiger partial charge >= 0.3 is 12.4 Å². The van der Waals surface area contributed by atoms with Crippen LogP contribution in [0.4, 0.5) is 32.0 Å². The number of benzene rings is 3. The molecule has 0 spiro atoms. The number of nitrogens with one attached hydrogen (secondary N) is 2. The minimum Gasteiger partial charge on any atom is -0.345 e. The summed E-state index contributed by atoms with van der Waals surface area (Å²) in [6, 6.07) is 11.7. The van der Waals surface area contributed by atoms with Crippen molar-refractivity contribution in [1.82, 2.24) is 24.4 Å². The Kier molecular flexibility index (Phi) is 11.7. The van der Waals surface area contributed by atoms with Crippen molar-refractivity contribution in [3.05, 3.63) is 94.3 Å². The summed E-state index contributed by atoms with van der Waals surface area (Å²) < 4.78 is 108. The van der Waals surface area contributed by atoms with Crippen LogP contribution >= 0.6 is 23.4 Å². The zero-order valence-corrected chi connectivity index (χ0v) is 28.0. The summed E-state index contributed by atoms with van der Waals surface area (Å²) in [5.74, 6) is -1.95. The van der Waals surface area contributed by atoms with E-state index in [1.165, 1.54) is 39.2 Å². The fraction of sp³-hybridized carbons (Fsp3) is 0.267. The van der Waals surface area contributed by atoms with Gasteiger partial charge in [0.05, 0.1) is 44.7 Å². The van der Waals surface area contributed by atoms with Crippen molar-refractivity contribution in [1.29, 1.82) is 0 Å². The lowest BCUT2D eigenvalue weighted by Gasteiger charge is -2.18. The van der Waals surface area contributed by atoms with Gasteiger partial charge in [-0.25, -0.2) is 8.42 Å². The Hall–Kier alpha value is -4.13. The largest absolute Gasteiger partial charge is 0.416 e. The topological polar surface area (TPSA) is 126 Å². The lowest BCUT2D eigenvalue weighted by molar-refractivity contribution is -0.138. The van der Waals surface area contributed by atoms with Crippen LogP contribution in [-0.4, -0.2) is 58.1 Å². The van der Waals surface area contributed by atoms with Gasteiger partial charge in [0, 0.05) is 18.7 Å². The van der Waals surface area contributed by atoms with Gasteiger partial charge in [-0.15, -0.1) is 10.2 Å². The third-order valence-electron chi connectivity index (χ3n) is 6.90. The van der Waals surface area contributed by atoms with Gasteiger partial charge in [-0.05, 0) is 60.7 Å². The van der Waals surface area contributed by atoms with Crippen LogP contribution in [0.5, 0.6) is 0 Å². The molecule has 1 aromatic heterocycles. The molecule has 4 aromatic rings. The summed E-state index contributed by atoms with van der Waals surface area (Å²) in [6.45, 7) is 3.53. The molecule has 0 aliphatic rings. The average molecular weight is 749 g/mol. The van der Waals surface area contributed by atoms with E-state index in [0.717, 1.165) is 30.3 Å².